The standard InChI is InChI=1S/C6H13O9P/c7-2-6(15-16(11,12)13)4(9)3(8)1-14-5(6)10/h3-5,7-10H,1-2H2,(H2,11,12,13). The van der Waals surface area contributed by atoms with Gasteiger partial charge in [0.25, 0.3) is 0 Å². The maximum atomic E-state index is 10.7. The molecule has 10 heteroatoms. The van der Waals surface area contributed by atoms with Crippen molar-refractivity contribution in [1.82, 2.24) is 0 Å². The van der Waals surface area contributed by atoms with Gasteiger partial charge in [-0.15, -0.1) is 0 Å². The zero-order valence-electron chi connectivity index (χ0n) is 8.00. The molecule has 4 unspecified atom stereocenters. The van der Waals surface area contributed by atoms with Crippen LogP contribution in [0.5, 0.6) is 0 Å². The van der Waals surface area contributed by atoms with E-state index in [9.17, 15) is 19.9 Å². The summed E-state index contributed by atoms with van der Waals surface area (Å²) in [4.78, 5) is 17.2. The summed E-state index contributed by atoms with van der Waals surface area (Å²) in [6, 6.07) is 0. The van der Waals surface area contributed by atoms with Crippen LogP contribution in [0.25, 0.3) is 0 Å². The highest BCUT2D eigenvalue weighted by atomic mass is 31.2. The van der Waals surface area contributed by atoms with Crippen LogP contribution in [0.15, 0.2) is 0 Å². The number of hydrogen-bond acceptors (Lipinski definition) is 7. The third-order valence-corrected chi connectivity index (χ3v) is 2.82. The molecular weight excluding hydrogens is 247 g/mol. The van der Waals surface area contributed by atoms with Crippen LogP contribution in [0.2, 0.25) is 0 Å². The SMILES string of the molecule is O=P(O)(O)OC1(CO)C(O)OCC(O)C1O. The van der Waals surface area contributed by atoms with Gasteiger partial charge in [-0.3, -0.25) is 4.52 Å². The van der Waals surface area contributed by atoms with Crippen LogP contribution in [0.1, 0.15) is 0 Å². The van der Waals surface area contributed by atoms with Gasteiger partial charge in [0.2, 0.25) is 0 Å². The highest BCUT2D eigenvalue weighted by Crippen LogP contribution is 2.45. The quantitative estimate of drug-likeness (QED) is 0.289. The molecule has 1 heterocycles. The predicted octanol–water partition coefficient (Wildman–Crippen LogP) is -3.10. The highest BCUT2D eigenvalue weighted by Gasteiger charge is 2.56. The molecule has 96 valence electrons. The second kappa shape index (κ2) is 4.65. The van der Waals surface area contributed by atoms with Crippen LogP contribution < -0.4 is 0 Å². The van der Waals surface area contributed by atoms with Crippen molar-refractivity contribution in [1.29, 1.82) is 0 Å². The fourth-order valence-corrected chi connectivity index (χ4v) is 2.11. The predicted molar refractivity (Wildman–Crippen MR) is 46.9 cm³/mol. The summed E-state index contributed by atoms with van der Waals surface area (Å²) in [7, 11) is -5.09. The first kappa shape index (κ1) is 14.0. The van der Waals surface area contributed by atoms with Crippen molar-refractivity contribution < 1.29 is 44.0 Å². The van der Waals surface area contributed by atoms with Crippen LogP contribution in [-0.4, -0.2) is 67.5 Å². The Labute approximate surface area is 90.1 Å². The van der Waals surface area contributed by atoms with E-state index in [1.165, 1.54) is 0 Å². The number of phosphoric acid groups is 1. The monoisotopic (exact) mass is 260 g/mol. The van der Waals surface area contributed by atoms with E-state index in [0.29, 0.717) is 0 Å². The highest BCUT2D eigenvalue weighted by molar-refractivity contribution is 7.46. The lowest BCUT2D eigenvalue weighted by Crippen LogP contribution is -2.65. The first-order valence-corrected chi connectivity index (χ1v) is 5.79. The van der Waals surface area contributed by atoms with Crippen molar-refractivity contribution >= 4 is 7.82 Å². The molecule has 1 aliphatic rings. The fourth-order valence-electron chi connectivity index (χ4n) is 1.41. The summed E-state index contributed by atoms with van der Waals surface area (Å²) in [5.41, 5.74) is -2.48. The Hall–Kier alpha value is -0.0900. The molecule has 0 bridgehead atoms. The number of aliphatic hydroxyl groups excluding tert-OH is 4. The summed E-state index contributed by atoms with van der Waals surface area (Å²) in [6.07, 6.45) is -5.40. The van der Waals surface area contributed by atoms with E-state index < -0.39 is 45.1 Å². The third-order valence-electron chi connectivity index (χ3n) is 2.24. The molecule has 6 N–H and O–H groups in total. The molecule has 0 aromatic rings. The molecule has 0 aliphatic carbocycles. The minimum atomic E-state index is -5.09. The molecular formula is C6H13O9P. The van der Waals surface area contributed by atoms with E-state index >= 15 is 0 Å². The van der Waals surface area contributed by atoms with Gasteiger partial charge >= 0.3 is 7.82 Å². The van der Waals surface area contributed by atoms with Crippen LogP contribution in [0, 0.1) is 0 Å². The van der Waals surface area contributed by atoms with Crippen molar-refractivity contribution in [2.75, 3.05) is 13.2 Å². The lowest BCUT2D eigenvalue weighted by Gasteiger charge is -2.44. The number of rotatable bonds is 3. The molecule has 1 fully saturated rings. The largest absolute Gasteiger partial charge is 0.470 e. The Morgan fingerprint density at radius 3 is 2.38 bits per heavy atom. The average Bonchev–Trinajstić information content (AvgIpc) is 2.17. The summed E-state index contributed by atoms with van der Waals surface area (Å²) < 4.78 is 19.3. The van der Waals surface area contributed by atoms with E-state index in [1.54, 1.807) is 0 Å². The van der Waals surface area contributed by atoms with Crippen LogP contribution in [0.4, 0.5) is 0 Å². The van der Waals surface area contributed by atoms with Crippen molar-refractivity contribution in [2.45, 2.75) is 24.1 Å². The summed E-state index contributed by atoms with van der Waals surface area (Å²) in [6.45, 7) is -1.59. The minimum absolute atomic E-state index is 0.450. The number of phosphoric ester groups is 1. The van der Waals surface area contributed by atoms with Crippen molar-refractivity contribution in [3.63, 3.8) is 0 Å². The normalized spacial score (nSPS) is 41.0. The maximum Gasteiger partial charge on any atom is 0.470 e. The van der Waals surface area contributed by atoms with E-state index in [4.69, 9.17) is 14.9 Å². The van der Waals surface area contributed by atoms with E-state index in [1.807, 2.05) is 0 Å². The molecule has 0 radical (unpaired) electrons. The zero-order chi connectivity index (χ0) is 12.6. The summed E-state index contributed by atoms with van der Waals surface area (Å²) in [5.74, 6) is 0. The molecule has 0 spiro atoms. The van der Waals surface area contributed by atoms with Gasteiger partial charge < -0.3 is 34.9 Å². The van der Waals surface area contributed by atoms with Crippen molar-refractivity contribution in [2.24, 2.45) is 0 Å². The van der Waals surface area contributed by atoms with Crippen molar-refractivity contribution in [3.05, 3.63) is 0 Å². The van der Waals surface area contributed by atoms with Gasteiger partial charge in [0.15, 0.2) is 11.9 Å². The number of aliphatic hydroxyl groups is 4. The van der Waals surface area contributed by atoms with Crippen molar-refractivity contribution in [3.8, 4) is 0 Å². The molecule has 9 nitrogen and oxygen atoms in total. The Bertz CT molecular complexity index is 290. The Morgan fingerprint density at radius 1 is 1.38 bits per heavy atom. The molecule has 16 heavy (non-hydrogen) atoms. The van der Waals surface area contributed by atoms with Crippen LogP contribution in [0.3, 0.4) is 0 Å². The van der Waals surface area contributed by atoms with Gasteiger partial charge in [0.05, 0.1) is 13.2 Å². The maximum absolute atomic E-state index is 10.7. The van der Waals surface area contributed by atoms with E-state index in [-0.39, 0.29) is 0 Å². The van der Waals surface area contributed by atoms with Crippen LogP contribution in [-0.2, 0) is 13.8 Å². The Balaban J connectivity index is 3.01. The summed E-state index contributed by atoms with van der Waals surface area (Å²) in [5, 5.41) is 37.1. The minimum Gasteiger partial charge on any atom is -0.393 e. The van der Waals surface area contributed by atoms with Gasteiger partial charge in [-0.1, -0.05) is 0 Å². The molecule has 0 amide bonds. The Kier molecular flexibility index (Phi) is 4.06. The first-order chi connectivity index (χ1) is 7.23. The molecule has 0 aromatic carbocycles. The molecule has 1 rings (SSSR count). The lowest BCUT2D eigenvalue weighted by molar-refractivity contribution is -0.303. The van der Waals surface area contributed by atoms with Gasteiger partial charge in [0.1, 0.15) is 12.2 Å². The molecule has 0 aromatic heterocycles. The van der Waals surface area contributed by atoms with E-state index in [2.05, 4.69) is 9.26 Å². The second-order valence-electron chi connectivity index (χ2n) is 3.39. The van der Waals surface area contributed by atoms with Crippen LogP contribution >= 0.6 is 7.82 Å². The van der Waals surface area contributed by atoms with Gasteiger partial charge in [-0.2, -0.15) is 0 Å². The summed E-state index contributed by atoms with van der Waals surface area (Å²) >= 11 is 0. The average molecular weight is 260 g/mol. The third kappa shape index (κ3) is 2.59. The first-order valence-electron chi connectivity index (χ1n) is 4.26. The second-order valence-corrected chi connectivity index (χ2v) is 4.56. The van der Waals surface area contributed by atoms with Gasteiger partial charge in [-0.25, -0.2) is 4.57 Å². The van der Waals surface area contributed by atoms with E-state index in [0.717, 1.165) is 0 Å². The number of hydrogen-bond donors (Lipinski definition) is 6. The Morgan fingerprint density at radius 2 is 1.94 bits per heavy atom. The molecule has 4 atom stereocenters. The zero-order valence-corrected chi connectivity index (χ0v) is 8.90. The topological polar surface area (TPSA) is 157 Å². The number of ether oxygens (including phenoxy) is 1. The van der Waals surface area contributed by atoms with Gasteiger partial charge in [0, 0.05) is 0 Å². The smallest absolute Gasteiger partial charge is 0.393 e. The molecule has 1 aliphatic heterocycles. The molecule has 0 saturated carbocycles. The molecule has 1 saturated heterocycles. The van der Waals surface area contributed by atoms with Gasteiger partial charge in [-0.05, 0) is 0 Å². The fraction of sp³-hybridized carbons (Fsp3) is 1.00. The lowest BCUT2D eigenvalue weighted by atomic mass is 9.90.